The van der Waals surface area contributed by atoms with Crippen LogP contribution in [0.3, 0.4) is 0 Å². The highest BCUT2D eigenvalue weighted by Crippen LogP contribution is 2.22. The lowest BCUT2D eigenvalue weighted by Gasteiger charge is -2.10. The summed E-state index contributed by atoms with van der Waals surface area (Å²) in [6, 6.07) is 3.64. The van der Waals surface area contributed by atoms with Crippen molar-refractivity contribution in [3.63, 3.8) is 0 Å². The van der Waals surface area contributed by atoms with Crippen molar-refractivity contribution in [3.8, 4) is 11.4 Å². The minimum absolute atomic E-state index is 0.194. The van der Waals surface area contributed by atoms with Crippen molar-refractivity contribution in [1.82, 2.24) is 19.7 Å². The molecule has 6 heteroatoms. The average molecular weight is 267 g/mol. The smallest absolute Gasteiger partial charge is 0.159 e. The van der Waals surface area contributed by atoms with E-state index in [1.165, 1.54) is 0 Å². The summed E-state index contributed by atoms with van der Waals surface area (Å²) in [6.07, 6.45) is 1.55. The molecular weight excluding hydrogens is 252 g/mol. The van der Waals surface area contributed by atoms with Crippen molar-refractivity contribution in [2.45, 2.75) is 26.5 Å². The summed E-state index contributed by atoms with van der Waals surface area (Å²) in [5.41, 5.74) is 1.68. The summed E-state index contributed by atoms with van der Waals surface area (Å²) in [4.78, 5) is 8.64. The van der Waals surface area contributed by atoms with Crippen LogP contribution < -0.4 is 0 Å². The molecule has 0 saturated carbocycles. The molecule has 0 aliphatic heterocycles. The van der Waals surface area contributed by atoms with E-state index in [0.29, 0.717) is 11.0 Å². The summed E-state index contributed by atoms with van der Waals surface area (Å²) < 4.78 is 7.08. The molecule has 0 unspecified atom stereocenters. The molecule has 96 valence electrons. The SMILES string of the molecule is CCn1nccc1-c1cc(Cl)nc([C@@H](C)OC)n1. The molecule has 2 heterocycles. The number of hydrogen-bond acceptors (Lipinski definition) is 4. The number of aromatic nitrogens is 4. The maximum Gasteiger partial charge on any atom is 0.159 e. The van der Waals surface area contributed by atoms with Gasteiger partial charge in [-0.05, 0) is 19.9 Å². The Bertz CT molecular complexity index is 541. The normalized spacial score (nSPS) is 12.7. The Balaban J connectivity index is 2.48. The lowest BCUT2D eigenvalue weighted by atomic mass is 10.2. The van der Waals surface area contributed by atoms with Crippen LogP contribution in [-0.4, -0.2) is 26.9 Å². The first-order chi connectivity index (χ1) is 8.65. The molecule has 5 nitrogen and oxygen atoms in total. The van der Waals surface area contributed by atoms with Crippen molar-refractivity contribution >= 4 is 11.6 Å². The molecule has 0 aliphatic carbocycles. The van der Waals surface area contributed by atoms with Crippen LogP contribution in [-0.2, 0) is 11.3 Å². The van der Waals surface area contributed by atoms with Crippen molar-refractivity contribution in [1.29, 1.82) is 0 Å². The van der Waals surface area contributed by atoms with Gasteiger partial charge in [-0.15, -0.1) is 0 Å². The molecule has 2 aromatic heterocycles. The predicted molar refractivity (Wildman–Crippen MR) is 69.4 cm³/mol. The molecule has 0 aromatic carbocycles. The third kappa shape index (κ3) is 2.52. The van der Waals surface area contributed by atoms with Crippen LogP contribution in [0.25, 0.3) is 11.4 Å². The zero-order valence-corrected chi connectivity index (χ0v) is 11.3. The first kappa shape index (κ1) is 13.0. The Morgan fingerprint density at radius 1 is 1.44 bits per heavy atom. The summed E-state index contributed by atoms with van der Waals surface area (Å²) in [6.45, 7) is 4.68. The van der Waals surface area contributed by atoms with E-state index >= 15 is 0 Å². The third-order valence-corrected chi connectivity index (χ3v) is 2.90. The van der Waals surface area contributed by atoms with E-state index < -0.39 is 0 Å². The molecule has 0 amide bonds. The van der Waals surface area contributed by atoms with Gasteiger partial charge < -0.3 is 4.74 Å². The maximum atomic E-state index is 6.03. The van der Waals surface area contributed by atoms with Crippen LogP contribution in [0, 0.1) is 0 Å². The Hall–Kier alpha value is -1.46. The average Bonchev–Trinajstić information content (AvgIpc) is 2.85. The van der Waals surface area contributed by atoms with Gasteiger partial charge in [-0.2, -0.15) is 5.10 Å². The van der Waals surface area contributed by atoms with Crippen molar-refractivity contribution in [2.24, 2.45) is 0 Å². The van der Waals surface area contributed by atoms with E-state index in [1.807, 2.05) is 24.6 Å². The largest absolute Gasteiger partial charge is 0.374 e. The zero-order valence-electron chi connectivity index (χ0n) is 10.6. The molecular formula is C12H15ClN4O. The summed E-state index contributed by atoms with van der Waals surface area (Å²) in [5, 5.41) is 4.62. The molecule has 1 atom stereocenters. The molecule has 0 spiro atoms. The molecule has 0 N–H and O–H groups in total. The molecule has 0 bridgehead atoms. The van der Waals surface area contributed by atoms with Crippen LogP contribution in [0.2, 0.25) is 5.15 Å². The molecule has 0 saturated heterocycles. The Labute approximate surface area is 111 Å². The minimum Gasteiger partial charge on any atom is -0.374 e. The first-order valence-electron chi connectivity index (χ1n) is 5.75. The van der Waals surface area contributed by atoms with Crippen LogP contribution >= 0.6 is 11.6 Å². The lowest BCUT2D eigenvalue weighted by molar-refractivity contribution is 0.112. The number of rotatable bonds is 4. The fourth-order valence-electron chi connectivity index (χ4n) is 1.66. The molecule has 0 aliphatic rings. The van der Waals surface area contributed by atoms with Gasteiger partial charge in [-0.3, -0.25) is 4.68 Å². The maximum absolute atomic E-state index is 6.03. The minimum atomic E-state index is -0.194. The number of nitrogens with zero attached hydrogens (tertiary/aromatic N) is 4. The Morgan fingerprint density at radius 2 is 2.22 bits per heavy atom. The van der Waals surface area contributed by atoms with Crippen molar-refractivity contribution in [3.05, 3.63) is 29.3 Å². The van der Waals surface area contributed by atoms with Crippen LogP contribution in [0.1, 0.15) is 25.8 Å². The lowest BCUT2D eigenvalue weighted by Crippen LogP contribution is -2.06. The van der Waals surface area contributed by atoms with Crippen molar-refractivity contribution in [2.75, 3.05) is 7.11 Å². The van der Waals surface area contributed by atoms with Crippen LogP contribution in [0.4, 0.5) is 0 Å². The summed E-state index contributed by atoms with van der Waals surface area (Å²) >= 11 is 6.03. The van der Waals surface area contributed by atoms with Crippen LogP contribution in [0.15, 0.2) is 18.3 Å². The molecule has 0 radical (unpaired) electrons. The molecule has 2 aromatic rings. The zero-order chi connectivity index (χ0) is 13.1. The number of aryl methyl sites for hydroxylation is 1. The fraction of sp³-hybridized carbons (Fsp3) is 0.417. The van der Waals surface area contributed by atoms with E-state index in [4.69, 9.17) is 16.3 Å². The number of methoxy groups -OCH3 is 1. The highest BCUT2D eigenvalue weighted by atomic mass is 35.5. The monoisotopic (exact) mass is 266 g/mol. The van der Waals surface area contributed by atoms with Crippen LogP contribution in [0.5, 0.6) is 0 Å². The standard InChI is InChI=1S/C12H15ClN4O/c1-4-17-10(5-6-14-17)9-7-11(13)16-12(15-9)8(2)18-3/h5-8H,4H2,1-3H3/t8-/m1/s1. The molecule has 18 heavy (non-hydrogen) atoms. The first-order valence-corrected chi connectivity index (χ1v) is 6.13. The van der Waals surface area contributed by atoms with Gasteiger partial charge in [0.05, 0.1) is 11.4 Å². The van der Waals surface area contributed by atoms with E-state index in [-0.39, 0.29) is 6.10 Å². The summed E-state index contributed by atoms with van der Waals surface area (Å²) in [5.74, 6) is 0.573. The molecule has 2 rings (SSSR count). The quantitative estimate of drug-likeness (QED) is 0.799. The predicted octanol–water partition coefficient (Wildman–Crippen LogP) is 2.72. The highest BCUT2D eigenvalue weighted by molar-refractivity contribution is 6.29. The van der Waals surface area contributed by atoms with Gasteiger partial charge in [-0.25, -0.2) is 9.97 Å². The topological polar surface area (TPSA) is 52.8 Å². The van der Waals surface area contributed by atoms with Gasteiger partial charge in [0.25, 0.3) is 0 Å². The second-order valence-corrected chi connectivity index (χ2v) is 4.23. The van der Waals surface area contributed by atoms with E-state index in [0.717, 1.165) is 17.9 Å². The van der Waals surface area contributed by atoms with Crippen molar-refractivity contribution < 1.29 is 4.74 Å². The third-order valence-electron chi connectivity index (χ3n) is 2.71. The van der Waals surface area contributed by atoms with Gasteiger partial charge in [0.2, 0.25) is 0 Å². The van der Waals surface area contributed by atoms with E-state index in [9.17, 15) is 0 Å². The Kier molecular flexibility index (Phi) is 3.93. The highest BCUT2D eigenvalue weighted by Gasteiger charge is 2.13. The second-order valence-electron chi connectivity index (χ2n) is 3.84. The van der Waals surface area contributed by atoms with Gasteiger partial charge in [0.15, 0.2) is 5.82 Å². The van der Waals surface area contributed by atoms with E-state index in [1.54, 1.807) is 19.4 Å². The van der Waals surface area contributed by atoms with E-state index in [2.05, 4.69) is 15.1 Å². The second kappa shape index (κ2) is 5.46. The van der Waals surface area contributed by atoms with Gasteiger partial charge in [-0.1, -0.05) is 11.6 Å². The number of ether oxygens (including phenoxy) is 1. The fourth-order valence-corrected chi connectivity index (χ4v) is 1.85. The Morgan fingerprint density at radius 3 is 2.89 bits per heavy atom. The number of hydrogen-bond donors (Lipinski definition) is 0. The van der Waals surface area contributed by atoms with Gasteiger partial charge >= 0.3 is 0 Å². The number of halogens is 1. The van der Waals surface area contributed by atoms with Gasteiger partial charge in [0.1, 0.15) is 11.3 Å². The molecule has 0 fully saturated rings. The van der Waals surface area contributed by atoms with Gasteiger partial charge in [0, 0.05) is 25.9 Å². The summed E-state index contributed by atoms with van der Waals surface area (Å²) in [7, 11) is 1.62.